The molecule has 3 nitrogen and oxygen atoms in total. The van der Waals surface area contributed by atoms with E-state index >= 15 is 0 Å². The van der Waals surface area contributed by atoms with Crippen LogP contribution >= 0.6 is 7.26 Å². The first-order chi connectivity index (χ1) is 23.4. The van der Waals surface area contributed by atoms with Crippen molar-refractivity contribution >= 4 is 31.5 Å². The van der Waals surface area contributed by atoms with Gasteiger partial charge in [-0.25, -0.2) is 0 Å². The van der Waals surface area contributed by atoms with Crippen LogP contribution in [0, 0.1) is 5.92 Å². The zero-order chi connectivity index (χ0) is 35.5. The largest absolute Gasteiger partial charge is 1.00 e. The standard InChI is InChI=1S/C44H60O3PSi.BrH/c1-35(33-36(2)37(3)47-49(8,9)44(4,5)6)25-28-40(46-34-38-26-29-39(45-7)30-27-38)31-32-48(41-19-13-10-14-20-41,42-21-15-11-16-22-42)43-23-17-12-18-24-43;/h10-24,26-27,29-30,33,35,37,40H,25,28,31-32,34H2,1-9H3;1H/q+1;/p-1/b36-33+;/t35-,37-,40+;/m0./s1. The van der Waals surface area contributed by atoms with E-state index in [-0.39, 0.29) is 34.2 Å². The van der Waals surface area contributed by atoms with Gasteiger partial charge in [0, 0.05) is 6.42 Å². The molecule has 0 saturated heterocycles. The van der Waals surface area contributed by atoms with Gasteiger partial charge in [-0.05, 0) is 110 Å². The van der Waals surface area contributed by atoms with E-state index in [1.807, 2.05) is 12.1 Å². The van der Waals surface area contributed by atoms with E-state index in [1.54, 1.807) is 7.11 Å². The number of ether oxygens (including phenoxy) is 2. The van der Waals surface area contributed by atoms with Crippen molar-refractivity contribution in [1.29, 1.82) is 0 Å². The van der Waals surface area contributed by atoms with Crippen molar-refractivity contribution in [2.45, 2.75) is 97.8 Å². The molecule has 0 aromatic heterocycles. The summed E-state index contributed by atoms with van der Waals surface area (Å²) in [5.41, 5.74) is 2.50. The highest BCUT2D eigenvalue weighted by Gasteiger charge is 2.45. The van der Waals surface area contributed by atoms with Crippen molar-refractivity contribution in [2.24, 2.45) is 5.92 Å². The third kappa shape index (κ3) is 11.2. The van der Waals surface area contributed by atoms with Crippen LogP contribution in [0.1, 0.15) is 66.4 Å². The Balaban J connectivity index is 0.00000676. The number of hydrogen-bond acceptors (Lipinski definition) is 3. The molecule has 3 atom stereocenters. The Morgan fingerprint density at radius 3 is 1.64 bits per heavy atom. The molecule has 4 aromatic rings. The summed E-state index contributed by atoms with van der Waals surface area (Å²) in [6.45, 7) is 19.0. The van der Waals surface area contributed by atoms with Gasteiger partial charge in [0.2, 0.25) is 0 Å². The number of hydrogen-bond donors (Lipinski definition) is 0. The van der Waals surface area contributed by atoms with Crippen LogP contribution in [0.4, 0.5) is 0 Å². The molecule has 4 rings (SSSR count). The molecule has 0 heterocycles. The van der Waals surface area contributed by atoms with Gasteiger partial charge in [-0.15, -0.1) is 0 Å². The highest BCUT2D eigenvalue weighted by atomic mass is 79.9. The molecule has 0 amide bonds. The van der Waals surface area contributed by atoms with E-state index in [0.29, 0.717) is 12.5 Å². The van der Waals surface area contributed by atoms with E-state index in [0.717, 1.165) is 31.2 Å². The number of rotatable bonds is 17. The molecule has 0 N–H and O–H groups in total. The average molecular weight is 776 g/mol. The van der Waals surface area contributed by atoms with Gasteiger partial charge in [-0.2, -0.15) is 0 Å². The monoisotopic (exact) mass is 774 g/mol. The fraction of sp³-hybridized carbons (Fsp3) is 0.409. The van der Waals surface area contributed by atoms with Crippen molar-refractivity contribution in [1.82, 2.24) is 0 Å². The average Bonchev–Trinajstić information content (AvgIpc) is 3.10. The molecule has 0 saturated carbocycles. The molecule has 0 spiro atoms. The lowest BCUT2D eigenvalue weighted by molar-refractivity contribution is -0.0000148. The molecule has 50 heavy (non-hydrogen) atoms. The van der Waals surface area contributed by atoms with E-state index in [1.165, 1.54) is 27.1 Å². The van der Waals surface area contributed by atoms with Gasteiger partial charge in [0.1, 0.15) is 28.9 Å². The maximum absolute atomic E-state index is 6.85. The van der Waals surface area contributed by atoms with Crippen molar-refractivity contribution in [3.63, 3.8) is 0 Å². The summed E-state index contributed by atoms with van der Waals surface area (Å²) in [7, 11) is -2.09. The Bertz CT molecular complexity index is 1470. The minimum absolute atomic E-state index is 0. The second-order valence-electron chi connectivity index (χ2n) is 15.1. The number of benzene rings is 4. The fourth-order valence-electron chi connectivity index (χ4n) is 6.29. The van der Waals surface area contributed by atoms with E-state index in [9.17, 15) is 0 Å². The summed E-state index contributed by atoms with van der Waals surface area (Å²) in [5, 5.41) is 4.45. The van der Waals surface area contributed by atoms with Gasteiger partial charge in [-0.1, -0.05) is 101 Å². The quantitative estimate of drug-likeness (QED) is 0.0625. The maximum atomic E-state index is 6.85. The van der Waals surface area contributed by atoms with Gasteiger partial charge >= 0.3 is 0 Å². The number of halogens is 1. The van der Waals surface area contributed by atoms with Gasteiger partial charge in [0.15, 0.2) is 8.32 Å². The fourth-order valence-corrected chi connectivity index (χ4v) is 12.1. The molecular weight excluding hydrogens is 715 g/mol. The third-order valence-corrected chi connectivity index (χ3v) is 19.5. The van der Waals surface area contributed by atoms with Crippen molar-refractivity contribution in [3.05, 3.63) is 132 Å². The van der Waals surface area contributed by atoms with Crippen LogP contribution < -0.4 is 37.6 Å². The second kappa shape index (κ2) is 19.3. The summed E-state index contributed by atoms with van der Waals surface area (Å²) in [6, 6.07) is 41.8. The van der Waals surface area contributed by atoms with Crippen molar-refractivity contribution in [3.8, 4) is 5.75 Å². The van der Waals surface area contributed by atoms with Crippen LogP contribution in [0.5, 0.6) is 5.75 Å². The summed E-state index contributed by atoms with van der Waals surface area (Å²) in [4.78, 5) is 0. The van der Waals surface area contributed by atoms with E-state index in [4.69, 9.17) is 13.9 Å². The molecular formula is C44H60BrO3PSi. The lowest BCUT2D eigenvalue weighted by atomic mass is 9.98. The minimum atomic E-state index is -1.95. The predicted octanol–water partition coefficient (Wildman–Crippen LogP) is 7.74. The summed E-state index contributed by atoms with van der Waals surface area (Å²) in [5.74, 6) is 1.29. The Morgan fingerprint density at radius 1 is 0.720 bits per heavy atom. The highest BCUT2D eigenvalue weighted by Crippen LogP contribution is 2.56. The Morgan fingerprint density at radius 2 is 1.20 bits per heavy atom. The normalized spacial score (nSPS) is 14.4. The molecule has 0 aliphatic carbocycles. The number of methoxy groups -OCH3 is 1. The molecule has 0 aliphatic rings. The van der Waals surface area contributed by atoms with Crippen LogP contribution in [0.15, 0.2) is 127 Å². The van der Waals surface area contributed by atoms with Crippen LogP contribution in [0.3, 0.4) is 0 Å². The molecule has 0 fully saturated rings. The smallest absolute Gasteiger partial charge is 0.192 e. The minimum Gasteiger partial charge on any atom is -1.00 e. The van der Waals surface area contributed by atoms with Gasteiger partial charge in [-0.3, -0.25) is 0 Å². The Hall–Kier alpha value is -2.53. The Kier molecular flexibility index (Phi) is 16.2. The molecule has 0 unspecified atom stereocenters. The van der Waals surface area contributed by atoms with Gasteiger partial charge in [0.05, 0.1) is 32.1 Å². The van der Waals surface area contributed by atoms with Gasteiger partial charge < -0.3 is 30.9 Å². The maximum Gasteiger partial charge on any atom is 0.192 e. The first kappa shape index (κ1) is 41.9. The van der Waals surface area contributed by atoms with E-state index < -0.39 is 15.6 Å². The molecule has 0 bridgehead atoms. The lowest BCUT2D eigenvalue weighted by Crippen LogP contribution is -3.00. The third-order valence-electron chi connectivity index (χ3n) is 10.4. The van der Waals surface area contributed by atoms with Crippen LogP contribution in [-0.2, 0) is 15.8 Å². The first-order valence-corrected chi connectivity index (χ1v) is 22.9. The lowest BCUT2D eigenvalue weighted by Gasteiger charge is -2.38. The predicted molar refractivity (Wildman–Crippen MR) is 216 cm³/mol. The van der Waals surface area contributed by atoms with Crippen molar-refractivity contribution < 1.29 is 30.9 Å². The topological polar surface area (TPSA) is 27.7 Å². The molecule has 270 valence electrons. The van der Waals surface area contributed by atoms with Crippen molar-refractivity contribution in [2.75, 3.05) is 13.3 Å². The van der Waals surface area contributed by atoms with Crippen LogP contribution in [-0.4, -0.2) is 33.8 Å². The molecule has 0 radical (unpaired) electrons. The highest BCUT2D eigenvalue weighted by molar-refractivity contribution is 7.95. The first-order valence-electron chi connectivity index (χ1n) is 18.0. The second-order valence-corrected chi connectivity index (χ2v) is 23.5. The molecule has 6 heteroatoms. The van der Waals surface area contributed by atoms with E-state index in [2.05, 4.69) is 164 Å². The SMILES string of the molecule is COc1ccc(CO[C@H](CC[C@H](C)/C=C(\C)[C@H](C)O[Si](C)(C)C(C)(C)C)CC[P+](c2ccccc2)(c2ccccc2)c2ccccc2)cc1.[Br-]. The number of allylic oxidation sites excluding steroid dienone is 1. The summed E-state index contributed by atoms with van der Waals surface area (Å²) >= 11 is 0. The zero-order valence-corrected chi connectivity index (χ0v) is 35.3. The van der Waals surface area contributed by atoms with Gasteiger partial charge in [0.25, 0.3) is 0 Å². The summed E-state index contributed by atoms with van der Waals surface area (Å²) in [6.07, 6.45) is 6.75. The zero-order valence-electron chi connectivity index (χ0n) is 31.9. The molecule has 0 aliphatic heterocycles. The van der Waals surface area contributed by atoms with Crippen LogP contribution in [0.2, 0.25) is 18.1 Å². The summed E-state index contributed by atoms with van der Waals surface area (Å²) < 4.78 is 19.0. The molecule has 4 aromatic carbocycles. The Labute approximate surface area is 316 Å². The van der Waals surface area contributed by atoms with Crippen LogP contribution in [0.25, 0.3) is 0 Å².